The second-order valence-electron chi connectivity index (χ2n) is 13.5. The molecule has 0 aromatic carbocycles. The Labute approximate surface area is 229 Å². The summed E-state index contributed by atoms with van der Waals surface area (Å²) in [5.74, 6) is 0. The van der Waals surface area contributed by atoms with Crippen LogP contribution in [-0.4, -0.2) is 33.0 Å². The molecule has 0 saturated carbocycles. The van der Waals surface area contributed by atoms with E-state index in [0.717, 1.165) is 0 Å². The quantitative estimate of drug-likeness (QED) is 0.403. The molecule has 0 rings (SSSR count). The molecule has 0 aliphatic heterocycles. The molecule has 190 valence electrons. The first-order valence-electron chi connectivity index (χ1n) is 10.7. The van der Waals surface area contributed by atoms with Crippen LogP contribution in [-0.2, 0) is 21.7 Å². The molecule has 0 aliphatic carbocycles. The molecule has 0 heterocycles. The summed E-state index contributed by atoms with van der Waals surface area (Å²) < 4.78 is 0. The van der Waals surface area contributed by atoms with E-state index in [1.807, 2.05) is 104 Å². The number of hydrogen-bond acceptors (Lipinski definition) is 5. The Morgan fingerprint density at radius 2 is 0.344 bits per heavy atom. The summed E-state index contributed by atoms with van der Waals surface area (Å²) in [7, 11) is 0. The van der Waals surface area contributed by atoms with Gasteiger partial charge in [0, 0.05) is 0 Å². The summed E-state index contributed by atoms with van der Waals surface area (Å²) in [5, 5.41) is 49.8. The van der Waals surface area contributed by atoms with Gasteiger partial charge in [0.2, 0.25) is 0 Å². The fourth-order valence-electron chi connectivity index (χ4n) is 0. The third-order valence-corrected chi connectivity index (χ3v) is 2.17. The molecule has 0 aromatic rings. The van der Waals surface area contributed by atoms with Crippen LogP contribution >= 0.6 is 0 Å². The van der Waals surface area contributed by atoms with E-state index in [1.165, 1.54) is 0 Å². The van der Waals surface area contributed by atoms with Crippen molar-refractivity contribution in [3.05, 3.63) is 0 Å². The minimum absolute atomic E-state index is 0. The van der Waals surface area contributed by atoms with Crippen LogP contribution in [0.25, 0.3) is 0 Å². The Hall–Kier alpha value is 1.11. The van der Waals surface area contributed by atoms with Crippen LogP contribution in [0.3, 0.4) is 0 Å². The van der Waals surface area contributed by atoms with Crippen molar-refractivity contribution >= 4 is 0 Å². The van der Waals surface area contributed by atoms with Crippen LogP contribution in [0, 0.1) is 27.1 Å². The smallest absolute Gasteiger partial charge is 0.854 e. The average Bonchev–Trinajstić information content (AvgIpc) is 2.54. The fourth-order valence-corrected chi connectivity index (χ4v) is 0. The van der Waals surface area contributed by atoms with E-state index in [2.05, 4.69) is 0 Å². The van der Waals surface area contributed by atoms with Gasteiger partial charge in [-0.05, 0) is 0 Å². The Balaban J connectivity index is -0.0000000481. The topological polar surface area (TPSA) is 115 Å². The molecule has 7 heteroatoms. The van der Waals surface area contributed by atoms with Crippen molar-refractivity contribution in [2.75, 3.05) is 33.0 Å². The molecule has 0 unspecified atom stereocenters. The van der Waals surface area contributed by atoms with Gasteiger partial charge < -0.3 is 25.5 Å². The van der Waals surface area contributed by atoms with E-state index in [-0.39, 0.29) is 101 Å². The van der Waals surface area contributed by atoms with E-state index < -0.39 is 0 Å². The predicted molar refractivity (Wildman–Crippen MR) is 122 cm³/mol. The van der Waals surface area contributed by atoms with Crippen LogP contribution < -0.4 is 44.4 Å². The van der Waals surface area contributed by atoms with Gasteiger partial charge in [-0.15, -0.1) is 33.0 Å². The van der Waals surface area contributed by atoms with Crippen molar-refractivity contribution in [3.63, 3.8) is 0 Å². The molecule has 0 radical (unpaired) electrons. The number of rotatable bonds is 0. The summed E-state index contributed by atoms with van der Waals surface area (Å²) in [6.07, 6.45) is 0. The zero-order chi connectivity index (χ0) is 26.0. The average molecular weight is 491 g/mol. The minimum atomic E-state index is -0.0139. The van der Waals surface area contributed by atoms with Crippen molar-refractivity contribution < 1.29 is 66.1 Å². The van der Waals surface area contributed by atoms with E-state index >= 15 is 0 Å². The molecule has 0 aliphatic rings. The van der Waals surface area contributed by atoms with E-state index in [0.29, 0.717) is 0 Å². The van der Waals surface area contributed by atoms with Gasteiger partial charge in [-0.25, -0.2) is 0 Å². The van der Waals surface area contributed by atoms with Crippen molar-refractivity contribution in [3.8, 4) is 0 Å². The van der Waals surface area contributed by atoms with Gasteiger partial charge in [0.1, 0.15) is 0 Å². The van der Waals surface area contributed by atoms with Crippen molar-refractivity contribution in [2.24, 2.45) is 27.1 Å². The van der Waals surface area contributed by atoms with Crippen LogP contribution in [0.5, 0.6) is 0 Å². The number of hydrogen-bond donors (Lipinski definition) is 0. The fraction of sp³-hybridized carbons (Fsp3) is 1.00. The normalized spacial score (nSPS) is 11.2. The summed E-state index contributed by atoms with van der Waals surface area (Å²) in [5.41, 5.74) is -0.0694. The van der Waals surface area contributed by atoms with Gasteiger partial charge in [-0.3, -0.25) is 0 Å². The Morgan fingerprint density at radius 3 is 0.344 bits per heavy atom. The summed E-state index contributed by atoms with van der Waals surface area (Å²) in [6.45, 7) is 29.1. The molecule has 5 nitrogen and oxygen atoms in total. The van der Waals surface area contributed by atoms with E-state index in [1.54, 1.807) is 0 Å². The third kappa shape index (κ3) is 109. The Kier molecular flexibility index (Phi) is 37.3. The van der Waals surface area contributed by atoms with Gasteiger partial charge in [0.15, 0.2) is 0 Å². The SMILES string of the molecule is CC(C)(C)C[O-].CC(C)(C)C[O-].CC(C)(C)C[O-].CC(C)(C)C[O-].CC(C)(C)C[O-].[Li+].[Ti+4]. The van der Waals surface area contributed by atoms with Crippen LogP contribution in [0.4, 0.5) is 0 Å². The summed E-state index contributed by atoms with van der Waals surface area (Å²) >= 11 is 0. The second-order valence-corrected chi connectivity index (χ2v) is 13.5. The van der Waals surface area contributed by atoms with Gasteiger partial charge in [-0.2, -0.15) is 0 Å². The molecule has 0 fully saturated rings. The van der Waals surface area contributed by atoms with Gasteiger partial charge >= 0.3 is 40.6 Å². The predicted octanol–water partition coefficient (Wildman–Crippen LogP) is -1.03. The monoisotopic (exact) mass is 490 g/mol. The molecular formula is C25H55LiO5Ti. The maximum absolute atomic E-state index is 9.95. The standard InChI is InChI=1S/5C5H11O.Li.Ti/c5*1-5(2,3)4-6;;/h5*4H2,1-3H3;;/q5*-1;+1;+4. The first-order chi connectivity index (χ1) is 12.8. The largest absolute Gasteiger partial charge is 4.00 e. The van der Waals surface area contributed by atoms with Crippen molar-refractivity contribution in [1.82, 2.24) is 0 Å². The first-order valence-corrected chi connectivity index (χ1v) is 10.7. The van der Waals surface area contributed by atoms with E-state index in [9.17, 15) is 25.5 Å². The minimum Gasteiger partial charge on any atom is -0.854 e. The second kappa shape index (κ2) is 23.8. The molecule has 0 atom stereocenters. The molecular weight excluding hydrogens is 435 g/mol. The third-order valence-electron chi connectivity index (χ3n) is 2.17. The molecule has 0 bridgehead atoms. The maximum Gasteiger partial charge on any atom is 4.00 e. The van der Waals surface area contributed by atoms with Crippen LogP contribution in [0.1, 0.15) is 104 Å². The summed E-state index contributed by atoms with van der Waals surface area (Å²) in [4.78, 5) is 0. The van der Waals surface area contributed by atoms with Crippen LogP contribution in [0.2, 0.25) is 0 Å². The molecule has 0 aromatic heterocycles. The van der Waals surface area contributed by atoms with Gasteiger partial charge in [0.05, 0.1) is 0 Å². The molecule has 0 amide bonds. The molecule has 0 N–H and O–H groups in total. The first kappa shape index (κ1) is 50.1. The van der Waals surface area contributed by atoms with Crippen LogP contribution in [0.15, 0.2) is 0 Å². The van der Waals surface area contributed by atoms with E-state index in [4.69, 9.17) is 0 Å². The zero-order valence-corrected chi connectivity index (χ0v) is 26.1. The zero-order valence-electron chi connectivity index (χ0n) is 24.6. The van der Waals surface area contributed by atoms with Crippen molar-refractivity contribution in [2.45, 2.75) is 104 Å². The summed E-state index contributed by atoms with van der Waals surface area (Å²) in [6, 6.07) is 0. The molecule has 0 saturated heterocycles. The van der Waals surface area contributed by atoms with Crippen molar-refractivity contribution in [1.29, 1.82) is 0 Å². The van der Waals surface area contributed by atoms with Gasteiger partial charge in [-0.1, -0.05) is 131 Å². The van der Waals surface area contributed by atoms with Gasteiger partial charge in [0.25, 0.3) is 0 Å². The molecule has 0 spiro atoms. The Bertz CT molecular complexity index is 263. The Morgan fingerprint density at radius 1 is 0.312 bits per heavy atom. The molecule has 32 heavy (non-hydrogen) atoms. The maximum atomic E-state index is 9.95.